The van der Waals surface area contributed by atoms with Crippen LogP contribution in [0.2, 0.25) is 0 Å². The standard InChI is InChI=1S/C71H134O6/c1-4-7-10-13-16-18-20-22-24-26-28-30-32-33-34-35-36-37-38-39-40-42-43-45-47-49-51-53-55-58-61-64-70(73)76-67-68(66-75-69(72)63-60-57-15-12-9-6-3)77-71(74)65-62-59-56-54-52-50-48-46-44-41-31-29-27-25-23-21-19-17-14-11-8-5-2/h20,22,26,28,68H,4-19,21,23-25,27,29-67H2,1-3H3/b22-20-,28-26-. The topological polar surface area (TPSA) is 78.9 Å². The van der Waals surface area contributed by atoms with E-state index in [1.165, 1.54) is 289 Å². The molecule has 0 saturated carbocycles. The molecule has 1 atom stereocenters. The van der Waals surface area contributed by atoms with Gasteiger partial charge in [0, 0.05) is 19.3 Å². The van der Waals surface area contributed by atoms with Crippen molar-refractivity contribution in [2.75, 3.05) is 13.2 Å². The summed E-state index contributed by atoms with van der Waals surface area (Å²) >= 11 is 0. The molecule has 0 fully saturated rings. The molecule has 0 saturated heterocycles. The van der Waals surface area contributed by atoms with Crippen LogP contribution in [-0.2, 0) is 28.6 Å². The summed E-state index contributed by atoms with van der Waals surface area (Å²) in [4.78, 5) is 38.1. The Kier molecular flexibility index (Phi) is 64.6. The van der Waals surface area contributed by atoms with Crippen LogP contribution in [0.15, 0.2) is 24.3 Å². The number of hydrogen-bond acceptors (Lipinski definition) is 6. The van der Waals surface area contributed by atoms with Crippen LogP contribution in [0, 0.1) is 0 Å². The Hall–Kier alpha value is -2.11. The molecular formula is C71H134O6. The van der Waals surface area contributed by atoms with Crippen LogP contribution in [0.25, 0.3) is 0 Å². The van der Waals surface area contributed by atoms with Gasteiger partial charge >= 0.3 is 17.9 Å². The zero-order valence-corrected chi connectivity index (χ0v) is 52.3. The summed E-state index contributed by atoms with van der Waals surface area (Å²) in [7, 11) is 0. The van der Waals surface area contributed by atoms with Gasteiger partial charge in [0.2, 0.25) is 0 Å². The quantitative estimate of drug-likeness (QED) is 0.0261. The predicted molar refractivity (Wildman–Crippen MR) is 335 cm³/mol. The van der Waals surface area contributed by atoms with Crippen molar-refractivity contribution in [3.05, 3.63) is 24.3 Å². The first-order valence-electron chi connectivity index (χ1n) is 34.8. The number of carbonyl (C=O) groups is 3. The van der Waals surface area contributed by atoms with E-state index in [1.807, 2.05) is 0 Å². The fourth-order valence-corrected chi connectivity index (χ4v) is 10.7. The second-order valence-electron chi connectivity index (χ2n) is 23.8. The smallest absolute Gasteiger partial charge is 0.306 e. The van der Waals surface area contributed by atoms with E-state index in [9.17, 15) is 14.4 Å². The maximum absolute atomic E-state index is 12.9. The number of hydrogen-bond donors (Lipinski definition) is 0. The first-order valence-corrected chi connectivity index (χ1v) is 34.8. The molecule has 0 spiro atoms. The lowest BCUT2D eigenvalue weighted by molar-refractivity contribution is -0.167. The first-order chi connectivity index (χ1) is 38.0. The maximum atomic E-state index is 12.9. The highest BCUT2D eigenvalue weighted by Gasteiger charge is 2.19. The molecule has 77 heavy (non-hydrogen) atoms. The van der Waals surface area contributed by atoms with Crippen LogP contribution in [0.4, 0.5) is 0 Å². The number of allylic oxidation sites excluding steroid dienone is 4. The Morgan fingerprint density at radius 3 is 0.714 bits per heavy atom. The van der Waals surface area contributed by atoms with E-state index in [-0.39, 0.29) is 31.1 Å². The molecule has 6 heteroatoms. The Morgan fingerprint density at radius 1 is 0.260 bits per heavy atom. The summed E-state index contributed by atoms with van der Waals surface area (Å²) in [5.41, 5.74) is 0. The van der Waals surface area contributed by atoms with Gasteiger partial charge in [-0.1, -0.05) is 347 Å². The highest BCUT2D eigenvalue weighted by molar-refractivity contribution is 5.71. The molecule has 6 nitrogen and oxygen atoms in total. The van der Waals surface area contributed by atoms with Gasteiger partial charge < -0.3 is 14.2 Å². The normalized spacial score (nSPS) is 12.1. The third-order valence-electron chi connectivity index (χ3n) is 16.0. The van der Waals surface area contributed by atoms with Crippen molar-refractivity contribution in [2.24, 2.45) is 0 Å². The van der Waals surface area contributed by atoms with Gasteiger partial charge in [-0.25, -0.2) is 0 Å². The highest BCUT2D eigenvalue weighted by atomic mass is 16.6. The SMILES string of the molecule is CCCCCCC/C=C\C/C=C\CCCCCCCCCCCCCCCCCCCCCC(=O)OCC(COC(=O)CCCCCCCC)OC(=O)CCCCCCCCCCCCCCCCCCCCCCCC. The average molecular weight is 1080 g/mol. The molecule has 0 bridgehead atoms. The van der Waals surface area contributed by atoms with Crippen LogP contribution < -0.4 is 0 Å². The number of carbonyl (C=O) groups excluding carboxylic acids is 3. The van der Waals surface area contributed by atoms with E-state index in [4.69, 9.17) is 14.2 Å². The van der Waals surface area contributed by atoms with E-state index in [1.54, 1.807) is 0 Å². The van der Waals surface area contributed by atoms with Crippen LogP contribution in [-0.4, -0.2) is 37.2 Å². The molecule has 0 aliphatic carbocycles. The van der Waals surface area contributed by atoms with Crippen molar-refractivity contribution in [3.63, 3.8) is 0 Å². The van der Waals surface area contributed by atoms with Crippen molar-refractivity contribution in [1.82, 2.24) is 0 Å². The number of ether oxygens (including phenoxy) is 3. The molecule has 0 aliphatic heterocycles. The number of esters is 3. The molecule has 1 unspecified atom stereocenters. The molecule has 0 aromatic carbocycles. The molecule has 0 N–H and O–H groups in total. The summed E-state index contributed by atoms with van der Waals surface area (Å²) in [5.74, 6) is -0.845. The second kappa shape index (κ2) is 66.4. The lowest BCUT2D eigenvalue weighted by atomic mass is 10.0. The zero-order chi connectivity index (χ0) is 55.7. The third-order valence-corrected chi connectivity index (χ3v) is 16.0. The van der Waals surface area contributed by atoms with Gasteiger partial charge in [-0.15, -0.1) is 0 Å². The molecule has 0 aliphatic rings. The average Bonchev–Trinajstić information content (AvgIpc) is 3.43. The fourth-order valence-electron chi connectivity index (χ4n) is 10.7. The minimum atomic E-state index is -0.764. The van der Waals surface area contributed by atoms with Gasteiger partial charge in [0.25, 0.3) is 0 Å². The first kappa shape index (κ1) is 74.9. The van der Waals surface area contributed by atoms with E-state index in [2.05, 4.69) is 45.1 Å². The molecule has 0 rings (SSSR count). The van der Waals surface area contributed by atoms with E-state index in [0.717, 1.165) is 64.2 Å². The van der Waals surface area contributed by atoms with Crippen LogP contribution in [0.3, 0.4) is 0 Å². The largest absolute Gasteiger partial charge is 0.462 e. The van der Waals surface area contributed by atoms with Crippen LogP contribution in [0.1, 0.15) is 393 Å². The molecule has 0 amide bonds. The fraction of sp³-hybridized carbons (Fsp3) is 0.901. The van der Waals surface area contributed by atoms with Gasteiger partial charge in [-0.05, 0) is 51.4 Å². The van der Waals surface area contributed by atoms with Gasteiger partial charge in [0.1, 0.15) is 13.2 Å². The van der Waals surface area contributed by atoms with Crippen LogP contribution in [0.5, 0.6) is 0 Å². The van der Waals surface area contributed by atoms with Gasteiger partial charge in [0.15, 0.2) is 6.10 Å². The van der Waals surface area contributed by atoms with Crippen molar-refractivity contribution in [2.45, 2.75) is 399 Å². The second-order valence-corrected chi connectivity index (χ2v) is 23.8. The monoisotopic (exact) mass is 1080 g/mol. The van der Waals surface area contributed by atoms with E-state index < -0.39 is 6.10 Å². The molecule has 0 heterocycles. The Morgan fingerprint density at radius 2 is 0.468 bits per heavy atom. The summed E-state index contributed by atoms with van der Waals surface area (Å²) in [5, 5.41) is 0. The lowest BCUT2D eigenvalue weighted by Gasteiger charge is -2.18. The Balaban J connectivity index is 3.95. The molecule has 0 aromatic rings. The third kappa shape index (κ3) is 64.6. The van der Waals surface area contributed by atoms with Gasteiger partial charge in [-0.3, -0.25) is 14.4 Å². The Labute approximate surface area is 481 Å². The summed E-state index contributed by atoms with van der Waals surface area (Å²) < 4.78 is 16.9. The predicted octanol–water partition coefficient (Wildman–Crippen LogP) is 23.8. The molecular weight excluding hydrogens is 949 g/mol. The summed E-state index contributed by atoms with van der Waals surface area (Å²) in [6.07, 6.45) is 81.1. The molecule has 0 aromatic heterocycles. The Bertz CT molecular complexity index is 1240. The van der Waals surface area contributed by atoms with Crippen molar-refractivity contribution in [3.8, 4) is 0 Å². The number of unbranched alkanes of at least 4 members (excludes halogenated alkanes) is 50. The highest BCUT2D eigenvalue weighted by Crippen LogP contribution is 2.19. The van der Waals surface area contributed by atoms with E-state index >= 15 is 0 Å². The maximum Gasteiger partial charge on any atom is 0.306 e. The molecule has 0 radical (unpaired) electrons. The number of rotatable bonds is 65. The summed E-state index contributed by atoms with van der Waals surface area (Å²) in [6.45, 7) is 6.64. The molecule has 454 valence electrons. The van der Waals surface area contributed by atoms with Crippen LogP contribution >= 0.6 is 0 Å². The van der Waals surface area contributed by atoms with Crippen molar-refractivity contribution < 1.29 is 28.6 Å². The van der Waals surface area contributed by atoms with Crippen molar-refractivity contribution >= 4 is 17.9 Å². The summed E-state index contributed by atoms with van der Waals surface area (Å²) in [6, 6.07) is 0. The minimum Gasteiger partial charge on any atom is -0.462 e. The minimum absolute atomic E-state index is 0.0644. The van der Waals surface area contributed by atoms with E-state index in [0.29, 0.717) is 19.3 Å². The van der Waals surface area contributed by atoms with Gasteiger partial charge in [-0.2, -0.15) is 0 Å². The zero-order valence-electron chi connectivity index (χ0n) is 52.3. The van der Waals surface area contributed by atoms with Gasteiger partial charge in [0.05, 0.1) is 0 Å². The lowest BCUT2D eigenvalue weighted by Crippen LogP contribution is -2.30. The van der Waals surface area contributed by atoms with Crippen molar-refractivity contribution in [1.29, 1.82) is 0 Å².